The summed E-state index contributed by atoms with van der Waals surface area (Å²) in [5.74, 6) is -2.16. The van der Waals surface area contributed by atoms with Crippen LogP contribution in [0.5, 0.6) is 0 Å². The molecule has 50 heavy (non-hydrogen) atoms. The predicted octanol–water partition coefficient (Wildman–Crippen LogP) is 8.57. The van der Waals surface area contributed by atoms with Crippen LogP contribution in [0.2, 0.25) is 0 Å². The third-order valence-electron chi connectivity index (χ3n) is 8.47. The quantitative estimate of drug-likeness (QED) is 0.144. The summed E-state index contributed by atoms with van der Waals surface area (Å²) in [5.41, 5.74) is -5.29. The fourth-order valence-corrected chi connectivity index (χ4v) is 6.06. The molecule has 16 heteroatoms. The van der Waals surface area contributed by atoms with Crippen LogP contribution >= 0.6 is 0 Å². The molecule has 2 amide bonds. The third kappa shape index (κ3) is 5.61. The van der Waals surface area contributed by atoms with E-state index in [-0.39, 0.29) is 41.1 Å². The lowest BCUT2D eigenvalue weighted by Crippen LogP contribution is -2.32. The van der Waals surface area contributed by atoms with Gasteiger partial charge in [-0.3, -0.25) is 39.6 Å². The minimum Gasteiger partial charge on any atom is -0.269 e. The van der Waals surface area contributed by atoms with E-state index in [9.17, 15) is 56.2 Å². The Morgan fingerprint density at radius 3 is 1.52 bits per heavy atom. The van der Waals surface area contributed by atoms with Crippen molar-refractivity contribution in [2.24, 2.45) is 0 Å². The highest BCUT2D eigenvalue weighted by Gasteiger charge is 2.52. The first-order chi connectivity index (χ1) is 23.4. The molecule has 0 saturated heterocycles. The number of nitro groups is 2. The summed E-state index contributed by atoms with van der Waals surface area (Å²) >= 11 is 0. The Kier molecular flexibility index (Phi) is 8.00. The number of nitro benzene ring substituents is 2. The number of rotatable bonds is 6. The van der Waals surface area contributed by atoms with E-state index in [2.05, 4.69) is 0 Å². The number of nitrogens with zero attached hydrogens (tertiary/aromatic N) is 4. The second-order valence-electron chi connectivity index (χ2n) is 11.7. The van der Waals surface area contributed by atoms with Crippen molar-refractivity contribution in [3.8, 4) is 0 Å². The standard InChI is InChI=1S/C34H22F6N4O6/c1-17-3-7-19(8-4-17)29-27-28(32(46)41(29)23-13-11-21(33(35,36)37)15-25(23)43(47)48)30(20-9-5-18(2)6-10-20)42(31(27)45)24-14-12-22(34(38,39)40)16-26(24)44(49)50/h3-5,7-9,11-16H,6,10H2,1-2H3. The first kappa shape index (κ1) is 33.8. The number of fused-ring (bicyclic) bond motifs is 1. The number of amides is 2. The van der Waals surface area contributed by atoms with Gasteiger partial charge in [-0.15, -0.1) is 0 Å². The van der Waals surface area contributed by atoms with Crippen LogP contribution in [0.25, 0.3) is 5.70 Å². The van der Waals surface area contributed by atoms with Gasteiger partial charge < -0.3 is 0 Å². The number of alkyl halides is 6. The van der Waals surface area contributed by atoms with Gasteiger partial charge in [0.05, 0.1) is 43.5 Å². The SMILES string of the molecule is CC1=CC=C(C2=C3C(=O)N(c4ccc(C(F)(F)F)cc4[N+](=O)[O-])C(c4ccc(C)cc4)=C3C(=O)N2c2ccc(C(F)(F)F)cc2[N+](=O)[O-])CC1. The molecular formula is C34H22F6N4O6. The molecule has 2 heterocycles. The summed E-state index contributed by atoms with van der Waals surface area (Å²) in [6.45, 7) is 3.52. The van der Waals surface area contributed by atoms with Crippen LogP contribution < -0.4 is 9.80 Å². The zero-order valence-corrected chi connectivity index (χ0v) is 25.8. The molecule has 0 bridgehead atoms. The number of hydrogen-bond donors (Lipinski definition) is 0. The number of aryl methyl sites for hydroxylation is 1. The maximum absolute atomic E-state index is 14.6. The van der Waals surface area contributed by atoms with Crippen molar-refractivity contribution < 1.29 is 45.8 Å². The van der Waals surface area contributed by atoms with Crippen molar-refractivity contribution in [3.05, 3.63) is 143 Å². The summed E-state index contributed by atoms with van der Waals surface area (Å²) in [6, 6.07) is 9.25. The number of hydrogen-bond acceptors (Lipinski definition) is 6. The maximum atomic E-state index is 14.6. The number of halogens is 6. The van der Waals surface area contributed by atoms with Gasteiger partial charge in [0.1, 0.15) is 11.4 Å². The van der Waals surface area contributed by atoms with Crippen LogP contribution in [0.3, 0.4) is 0 Å². The van der Waals surface area contributed by atoms with Crippen LogP contribution in [-0.2, 0) is 21.9 Å². The average Bonchev–Trinajstić information content (AvgIpc) is 3.51. The zero-order chi connectivity index (χ0) is 36.4. The van der Waals surface area contributed by atoms with Gasteiger partial charge in [0.2, 0.25) is 0 Å². The van der Waals surface area contributed by atoms with Gasteiger partial charge in [0.25, 0.3) is 23.2 Å². The summed E-state index contributed by atoms with van der Waals surface area (Å²) < 4.78 is 81.7. The van der Waals surface area contributed by atoms with Crippen LogP contribution in [0.4, 0.5) is 49.1 Å². The predicted molar refractivity (Wildman–Crippen MR) is 167 cm³/mol. The molecule has 2 aliphatic heterocycles. The molecule has 3 aromatic carbocycles. The van der Waals surface area contributed by atoms with E-state index in [1.54, 1.807) is 38.1 Å². The lowest BCUT2D eigenvalue weighted by molar-refractivity contribution is -0.384. The highest BCUT2D eigenvalue weighted by Crippen LogP contribution is 2.52. The molecule has 3 aliphatic rings. The first-order valence-electron chi connectivity index (χ1n) is 14.7. The lowest BCUT2D eigenvalue weighted by atomic mass is 9.94. The fraction of sp³-hybridized carbons (Fsp3) is 0.176. The lowest BCUT2D eigenvalue weighted by Gasteiger charge is -2.27. The number of benzene rings is 3. The van der Waals surface area contributed by atoms with E-state index < -0.39 is 73.5 Å². The van der Waals surface area contributed by atoms with E-state index in [1.165, 1.54) is 12.1 Å². The first-order valence-corrected chi connectivity index (χ1v) is 14.7. The summed E-state index contributed by atoms with van der Waals surface area (Å²) in [5, 5.41) is 24.4. The number of anilines is 2. The van der Waals surface area contributed by atoms with Crippen LogP contribution in [0, 0.1) is 27.2 Å². The number of carbonyl (C=O) groups is 2. The van der Waals surface area contributed by atoms with Crippen LogP contribution in [0.1, 0.15) is 42.0 Å². The van der Waals surface area contributed by atoms with E-state index in [4.69, 9.17) is 0 Å². The Labute approximate surface area is 278 Å². The van der Waals surface area contributed by atoms with Crippen molar-refractivity contribution in [2.75, 3.05) is 9.80 Å². The van der Waals surface area contributed by atoms with E-state index in [1.807, 2.05) is 0 Å². The minimum atomic E-state index is -4.98. The minimum absolute atomic E-state index is 0.132. The van der Waals surface area contributed by atoms with Gasteiger partial charge in [-0.1, -0.05) is 47.6 Å². The highest BCUT2D eigenvalue weighted by atomic mass is 19.4. The summed E-state index contributed by atoms with van der Waals surface area (Å²) in [4.78, 5) is 52.9. The monoisotopic (exact) mass is 696 g/mol. The van der Waals surface area contributed by atoms with E-state index in [0.29, 0.717) is 24.1 Å². The van der Waals surface area contributed by atoms with Gasteiger partial charge in [-0.2, -0.15) is 26.3 Å². The summed E-state index contributed by atoms with van der Waals surface area (Å²) in [7, 11) is 0. The molecule has 6 rings (SSSR count). The van der Waals surface area contributed by atoms with Crippen molar-refractivity contribution in [1.29, 1.82) is 0 Å². The molecule has 0 fully saturated rings. The summed E-state index contributed by atoms with van der Waals surface area (Å²) in [6.07, 6.45) is -6.15. The molecule has 0 spiro atoms. The molecule has 0 aromatic heterocycles. The fourth-order valence-electron chi connectivity index (χ4n) is 6.06. The van der Waals surface area contributed by atoms with E-state index in [0.717, 1.165) is 33.1 Å². The van der Waals surface area contributed by atoms with Gasteiger partial charge in [-0.25, -0.2) is 0 Å². The Morgan fingerprint density at radius 1 is 0.640 bits per heavy atom. The maximum Gasteiger partial charge on any atom is 0.416 e. The molecule has 10 nitrogen and oxygen atoms in total. The molecule has 0 N–H and O–H groups in total. The number of carbonyl (C=O) groups excluding carboxylic acids is 2. The van der Waals surface area contributed by atoms with Crippen molar-refractivity contribution in [3.63, 3.8) is 0 Å². The molecule has 0 atom stereocenters. The van der Waals surface area contributed by atoms with Crippen molar-refractivity contribution in [1.82, 2.24) is 0 Å². The molecule has 0 radical (unpaired) electrons. The molecular weight excluding hydrogens is 674 g/mol. The van der Waals surface area contributed by atoms with Gasteiger partial charge in [0.15, 0.2) is 0 Å². The second-order valence-corrected chi connectivity index (χ2v) is 11.7. The molecule has 1 aliphatic carbocycles. The van der Waals surface area contributed by atoms with Crippen LogP contribution in [0.15, 0.2) is 101 Å². The third-order valence-corrected chi connectivity index (χ3v) is 8.47. The molecule has 256 valence electrons. The smallest absolute Gasteiger partial charge is 0.269 e. The zero-order valence-electron chi connectivity index (χ0n) is 25.8. The second kappa shape index (κ2) is 11.8. The molecule has 3 aromatic rings. The molecule has 0 unspecified atom stereocenters. The van der Waals surface area contributed by atoms with Gasteiger partial charge in [-0.05, 0) is 62.1 Å². The highest BCUT2D eigenvalue weighted by molar-refractivity contribution is 6.37. The normalized spacial score (nSPS) is 16.6. The Morgan fingerprint density at radius 2 is 1.10 bits per heavy atom. The Hall–Kier alpha value is -6.06. The Bertz CT molecular complexity index is 2160. The largest absolute Gasteiger partial charge is 0.416 e. The Balaban J connectivity index is 1.69. The van der Waals surface area contributed by atoms with Crippen molar-refractivity contribution >= 4 is 40.3 Å². The average molecular weight is 697 g/mol. The van der Waals surface area contributed by atoms with Gasteiger partial charge in [0, 0.05) is 12.1 Å². The van der Waals surface area contributed by atoms with Gasteiger partial charge >= 0.3 is 12.4 Å². The van der Waals surface area contributed by atoms with Crippen molar-refractivity contribution in [2.45, 2.75) is 39.0 Å². The van der Waals surface area contributed by atoms with Crippen LogP contribution in [-0.4, -0.2) is 21.7 Å². The molecule has 0 saturated carbocycles. The number of allylic oxidation sites excluding steroid dienone is 4. The topological polar surface area (TPSA) is 127 Å². The van der Waals surface area contributed by atoms with E-state index >= 15 is 0 Å².